The monoisotopic (exact) mass is 346 g/mol. The molecular formula is C19H30N4O2. The van der Waals surface area contributed by atoms with Crippen molar-refractivity contribution in [2.45, 2.75) is 13.0 Å². The Labute approximate surface area is 150 Å². The summed E-state index contributed by atoms with van der Waals surface area (Å²) < 4.78 is 5.45. The van der Waals surface area contributed by atoms with Crippen LogP contribution < -0.4 is 10.1 Å². The predicted molar refractivity (Wildman–Crippen MR) is 98.8 cm³/mol. The summed E-state index contributed by atoms with van der Waals surface area (Å²) in [6.07, 6.45) is 0.645. The Kier molecular flexibility index (Phi) is 6.67. The molecule has 1 N–H and O–H groups in total. The number of carbonyl (C=O) groups is 1. The number of methoxy groups -OCH3 is 1. The first kappa shape index (κ1) is 18.2. The highest BCUT2D eigenvalue weighted by molar-refractivity contribution is 5.76. The van der Waals surface area contributed by atoms with Gasteiger partial charge in [0.1, 0.15) is 5.75 Å². The lowest BCUT2D eigenvalue weighted by Crippen LogP contribution is -2.49. The van der Waals surface area contributed by atoms with Crippen LogP contribution in [0.1, 0.15) is 12.0 Å². The quantitative estimate of drug-likeness (QED) is 0.819. The summed E-state index contributed by atoms with van der Waals surface area (Å²) in [7, 11) is 1.73. The van der Waals surface area contributed by atoms with Crippen LogP contribution in [0.4, 0.5) is 0 Å². The average molecular weight is 346 g/mol. The maximum Gasteiger partial charge on any atom is 0.223 e. The van der Waals surface area contributed by atoms with Crippen molar-refractivity contribution in [3.05, 3.63) is 29.8 Å². The van der Waals surface area contributed by atoms with Gasteiger partial charge in [0, 0.05) is 77.4 Å². The van der Waals surface area contributed by atoms with Gasteiger partial charge < -0.3 is 19.9 Å². The van der Waals surface area contributed by atoms with Crippen molar-refractivity contribution in [2.24, 2.45) is 0 Å². The van der Waals surface area contributed by atoms with Crippen LogP contribution in [-0.4, -0.2) is 86.6 Å². The molecule has 0 spiro atoms. The molecule has 2 aliphatic rings. The number of nitrogens with one attached hydrogen (secondary N) is 1. The lowest BCUT2D eigenvalue weighted by molar-refractivity contribution is -0.132. The molecule has 6 nitrogen and oxygen atoms in total. The van der Waals surface area contributed by atoms with Crippen LogP contribution >= 0.6 is 0 Å². The van der Waals surface area contributed by atoms with Gasteiger partial charge in [0.05, 0.1) is 7.11 Å². The van der Waals surface area contributed by atoms with Crippen LogP contribution in [0.15, 0.2) is 24.3 Å². The molecule has 1 aromatic carbocycles. The summed E-state index contributed by atoms with van der Waals surface area (Å²) >= 11 is 0. The second kappa shape index (κ2) is 9.17. The third-order valence-corrected chi connectivity index (χ3v) is 5.16. The molecule has 0 aromatic heterocycles. The van der Waals surface area contributed by atoms with Crippen LogP contribution in [-0.2, 0) is 11.3 Å². The zero-order valence-corrected chi connectivity index (χ0v) is 15.2. The molecular weight excluding hydrogens is 316 g/mol. The van der Waals surface area contributed by atoms with Gasteiger partial charge in [-0.25, -0.2) is 0 Å². The molecule has 0 atom stereocenters. The molecule has 0 radical (unpaired) electrons. The number of rotatable bonds is 6. The Morgan fingerprint density at radius 1 is 1.04 bits per heavy atom. The van der Waals surface area contributed by atoms with Gasteiger partial charge in [-0.05, 0) is 6.07 Å². The van der Waals surface area contributed by atoms with E-state index in [0.717, 1.165) is 71.2 Å². The van der Waals surface area contributed by atoms with Crippen molar-refractivity contribution in [3.8, 4) is 5.75 Å². The highest BCUT2D eigenvalue weighted by atomic mass is 16.5. The number of amides is 1. The van der Waals surface area contributed by atoms with Crippen molar-refractivity contribution in [1.29, 1.82) is 0 Å². The molecule has 0 bridgehead atoms. The summed E-state index contributed by atoms with van der Waals surface area (Å²) in [5.74, 6) is 1.27. The zero-order valence-electron chi connectivity index (χ0n) is 15.2. The molecule has 0 saturated carbocycles. The Hall–Kier alpha value is -1.63. The van der Waals surface area contributed by atoms with E-state index in [4.69, 9.17) is 4.74 Å². The summed E-state index contributed by atoms with van der Waals surface area (Å²) in [6.45, 7) is 9.51. The fourth-order valence-corrected chi connectivity index (χ4v) is 3.57. The maximum absolute atomic E-state index is 12.3. The van der Waals surface area contributed by atoms with E-state index >= 15 is 0 Å². The summed E-state index contributed by atoms with van der Waals surface area (Å²) in [5.41, 5.74) is 1.24. The topological polar surface area (TPSA) is 48.1 Å². The molecule has 2 heterocycles. The van der Waals surface area contributed by atoms with Gasteiger partial charge in [-0.3, -0.25) is 9.69 Å². The molecule has 6 heteroatoms. The molecule has 0 unspecified atom stereocenters. The second-order valence-corrected chi connectivity index (χ2v) is 6.81. The third-order valence-electron chi connectivity index (χ3n) is 5.16. The van der Waals surface area contributed by atoms with Crippen molar-refractivity contribution >= 4 is 5.91 Å². The summed E-state index contributed by atoms with van der Waals surface area (Å²) in [6, 6.07) is 8.23. The van der Waals surface area contributed by atoms with Crippen LogP contribution in [0.25, 0.3) is 0 Å². The van der Waals surface area contributed by atoms with Gasteiger partial charge in [-0.15, -0.1) is 0 Å². The lowest BCUT2D eigenvalue weighted by Gasteiger charge is -2.35. The summed E-state index contributed by atoms with van der Waals surface area (Å²) in [4.78, 5) is 19.1. The number of nitrogens with zero attached hydrogens (tertiary/aromatic N) is 3. The van der Waals surface area contributed by atoms with Gasteiger partial charge in [-0.2, -0.15) is 0 Å². The van der Waals surface area contributed by atoms with Gasteiger partial charge in [0.2, 0.25) is 5.91 Å². The van der Waals surface area contributed by atoms with Crippen molar-refractivity contribution in [2.75, 3.05) is 66.0 Å². The molecule has 2 fully saturated rings. The van der Waals surface area contributed by atoms with Gasteiger partial charge in [0.25, 0.3) is 0 Å². The molecule has 25 heavy (non-hydrogen) atoms. The van der Waals surface area contributed by atoms with E-state index in [0.29, 0.717) is 12.3 Å². The molecule has 2 aliphatic heterocycles. The fraction of sp³-hybridized carbons (Fsp3) is 0.632. The largest absolute Gasteiger partial charge is 0.496 e. The van der Waals surface area contributed by atoms with Gasteiger partial charge in [0.15, 0.2) is 0 Å². The van der Waals surface area contributed by atoms with Crippen LogP contribution in [0, 0.1) is 0 Å². The van der Waals surface area contributed by atoms with E-state index in [9.17, 15) is 4.79 Å². The van der Waals surface area contributed by atoms with Crippen LogP contribution in [0.5, 0.6) is 5.75 Å². The minimum absolute atomic E-state index is 0.304. The first-order valence-corrected chi connectivity index (χ1v) is 9.31. The van der Waals surface area contributed by atoms with E-state index in [2.05, 4.69) is 27.2 Å². The highest BCUT2D eigenvalue weighted by Crippen LogP contribution is 2.20. The number of hydrogen-bond donors (Lipinski definition) is 1. The second-order valence-electron chi connectivity index (χ2n) is 6.81. The predicted octanol–water partition coefficient (Wildman–Crippen LogP) is 0.635. The van der Waals surface area contributed by atoms with E-state index in [1.807, 2.05) is 17.0 Å². The van der Waals surface area contributed by atoms with Crippen LogP contribution in [0.3, 0.4) is 0 Å². The Morgan fingerprint density at radius 2 is 1.72 bits per heavy atom. The first-order valence-electron chi connectivity index (χ1n) is 9.31. The number of benzene rings is 1. The molecule has 138 valence electrons. The standard InChI is InChI=1S/C19H30N4O2/c1-25-18-5-3-2-4-17(18)16-22-14-12-21(13-15-22)9-6-19(24)23-10-7-20-8-11-23/h2-5,20H,6-16H2,1H3. The maximum atomic E-state index is 12.3. The SMILES string of the molecule is COc1ccccc1CN1CCN(CCC(=O)N2CCNCC2)CC1. The van der Waals surface area contributed by atoms with Crippen LogP contribution in [0.2, 0.25) is 0 Å². The number of piperazine rings is 2. The minimum Gasteiger partial charge on any atom is -0.496 e. The van der Waals surface area contributed by atoms with Crippen molar-refractivity contribution in [3.63, 3.8) is 0 Å². The Bertz CT molecular complexity index is 552. The molecule has 1 amide bonds. The fourth-order valence-electron chi connectivity index (χ4n) is 3.57. The smallest absolute Gasteiger partial charge is 0.223 e. The molecule has 2 saturated heterocycles. The van der Waals surface area contributed by atoms with Gasteiger partial charge in [-0.1, -0.05) is 18.2 Å². The Balaban J connectivity index is 1.39. The van der Waals surface area contributed by atoms with Crippen molar-refractivity contribution in [1.82, 2.24) is 20.0 Å². The van der Waals surface area contributed by atoms with E-state index in [-0.39, 0.29) is 0 Å². The highest BCUT2D eigenvalue weighted by Gasteiger charge is 2.20. The number of ether oxygens (including phenoxy) is 1. The number of para-hydroxylation sites is 1. The number of hydrogen-bond acceptors (Lipinski definition) is 5. The Morgan fingerprint density at radius 3 is 2.44 bits per heavy atom. The first-order chi connectivity index (χ1) is 12.3. The zero-order chi connectivity index (χ0) is 17.5. The average Bonchev–Trinajstić information content (AvgIpc) is 2.68. The molecule has 0 aliphatic carbocycles. The normalized spacial score (nSPS) is 19.8. The molecule has 1 aromatic rings. The summed E-state index contributed by atoms with van der Waals surface area (Å²) in [5, 5.41) is 3.29. The minimum atomic E-state index is 0.304. The van der Waals surface area contributed by atoms with E-state index < -0.39 is 0 Å². The third kappa shape index (κ3) is 5.17. The lowest BCUT2D eigenvalue weighted by atomic mass is 10.1. The van der Waals surface area contributed by atoms with E-state index in [1.54, 1.807) is 7.11 Å². The number of carbonyl (C=O) groups excluding carboxylic acids is 1. The van der Waals surface area contributed by atoms with Gasteiger partial charge >= 0.3 is 0 Å². The van der Waals surface area contributed by atoms with Crippen molar-refractivity contribution < 1.29 is 9.53 Å². The molecule has 3 rings (SSSR count). The van der Waals surface area contributed by atoms with E-state index in [1.165, 1.54) is 5.56 Å².